The van der Waals surface area contributed by atoms with E-state index in [9.17, 15) is 22.6 Å². The van der Waals surface area contributed by atoms with E-state index in [1.165, 1.54) is 0 Å². The van der Waals surface area contributed by atoms with Crippen molar-refractivity contribution < 1.29 is 83.4 Å². The van der Waals surface area contributed by atoms with E-state index >= 15 is 0 Å². The molecule has 2 aromatic rings. The number of rotatable bonds is 11. The van der Waals surface area contributed by atoms with E-state index in [4.69, 9.17) is 21.1 Å². The summed E-state index contributed by atoms with van der Waals surface area (Å²) in [5.74, 6) is -0.508. The molecule has 1 saturated carbocycles. The predicted molar refractivity (Wildman–Crippen MR) is 136 cm³/mol. The summed E-state index contributed by atoms with van der Waals surface area (Å²) >= 11 is 5.93. The summed E-state index contributed by atoms with van der Waals surface area (Å²) in [4.78, 5) is 23.8. The van der Waals surface area contributed by atoms with Gasteiger partial charge in [0.2, 0.25) is 5.91 Å². The van der Waals surface area contributed by atoms with Crippen molar-refractivity contribution in [1.82, 2.24) is 5.32 Å². The molecule has 0 aromatic heterocycles. The summed E-state index contributed by atoms with van der Waals surface area (Å²) in [6.45, 7) is 0.366. The molecule has 9 nitrogen and oxygen atoms in total. The van der Waals surface area contributed by atoms with E-state index < -0.39 is 27.9 Å². The number of halogens is 1. The van der Waals surface area contributed by atoms with Crippen molar-refractivity contribution in [3.63, 3.8) is 0 Å². The van der Waals surface area contributed by atoms with Crippen LogP contribution in [-0.2, 0) is 24.4 Å². The molecule has 1 aliphatic carbocycles. The number of hydrogen-bond acceptors (Lipinski definition) is 7. The van der Waals surface area contributed by atoms with Crippen LogP contribution in [-0.4, -0.2) is 57.1 Å². The van der Waals surface area contributed by atoms with E-state index in [1.807, 2.05) is 48.5 Å². The zero-order valence-electron chi connectivity index (χ0n) is 20.8. The summed E-state index contributed by atoms with van der Waals surface area (Å²) < 4.78 is 42.4. The van der Waals surface area contributed by atoms with Crippen molar-refractivity contribution in [1.29, 1.82) is 0 Å². The number of hydrogen-bond donors (Lipinski definition) is 2. The molecule has 2 amide bonds. The van der Waals surface area contributed by atoms with Gasteiger partial charge in [-0.05, 0) is 72.9 Å². The Morgan fingerprint density at radius 2 is 1.46 bits per heavy atom. The molecule has 37 heavy (non-hydrogen) atoms. The van der Waals surface area contributed by atoms with Gasteiger partial charge >= 0.3 is 57.5 Å². The quantitative estimate of drug-likeness (QED) is 0.301. The minimum Gasteiger partial charge on any atom is -0.748 e. The average molecular weight is 577 g/mol. The van der Waals surface area contributed by atoms with Gasteiger partial charge in [-0.25, -0.2) is 13.2 Å². The Morgan fingerprint density at radius 3 is 2.03 bits per heavy atom. The summed E-state index contributed by atoms with van der Waals surface area (Å²) in [6, 6.07) is 15.0. The zero-order valence-corrected chi connectivity index (χ0v) is 25.5. The normalized spacial score (nSPS) is 17.4. The summed E-state index contributed by atoms with van der Waals surface area (Å²) in [7, 11) is -4.35. The minimum atomic E-state index is -4.35. The van der Waals surface area contributed by atoms with Gasteiger partial charge in [-0.3, -0.25) is 10.1 Å². The molecule has 2 aromatic carbocycles. The van der Waals surface area contributed by atoms with Crippen LogP contribution < -0.4 is 62.0 Å². The fourth-order valence-corrected chi connectivity index (χ4v) is 4.46. The van der Waals surface area contributed by atoms with Crippen molar-refractivity contribution >= 4 is 39.4 Å². The van der Waals surface area contributed by atoms with Crippen LogP contribution >= 0.6 is 11.6 Å². The molecule has 3 rings (SSSR count). The number of amides is 2. The van der Waals surface area contributed by atoms with Crippen molar-refractivity contribution in [2.24, 2.45) is 11.8 Å². The second kappa shape index (κ2) is 16.2. The molecule has 1 fully saturated rings. The third kappa shape index (κ3) is 12.6. The first kappa shape index (κ1) is 32.2. The maximum absolute atomic E-state index is 12.2. The molecular formula is C25H30ClKN2O7S. The van der Waals surface area contributed by atoms with Crippen LogP contribution in [0.3, 0.4) is 0 Å². The van der Waals surface area contributed by atoms with Crippen LogP contribution in [0.1, 0.15) is 25.7 Å². The molecule has 196 valence electrons. The maximum atomic E-state index is 12.2. The smallest absolute Gasteiger partial charge is 0.748 e. The van der Waals surface area contributed by atoms with Crippen molar-refractivity contribution in [2.45, 2.75) is 25.7 Å². The van der Waals surface area contributed by atoms with Gasteiger partial charge in [0.05, 0.1) is 29.1 Å². The third-order valence-electron chi connectivity index (χ3n) is 5.99. The number of benzene rings is 2. The first-order valence-electron chi connectivity index (χ1n) is 11.8. The van der Waals surface area contributed by atoms with Gasteiger partial charge in [-0.2, -0.15) is 0 Å². The molecule has 12 heteroatoms. The summed E-state index contributed by atoms with van der Waals surface area (Å²) in [5.41, 5.74) is 2.70. The molecule has 0 bridgehead atoms. The molecule has 0 radical (unpaired) electrons. The van der Waals surface area contributed by atoms with Crippen LogP contribution in [0.25, 0.3) is 11.1 Å². The summed E-state index contributed by atoms with van der Waals surface area (Å²) in [5, 5.41) is 5.77. The molecule has 0 spiro atoms. The zero-order chi connectivity index (χ0) is 26.0. The largest absolute Gasteiger partial charge is 1.00 e. The number of anilines is 1. The average Bonchev–Trinajstić information content (AvgIpc) is 2.84. The predicted octanol–water partition coefficient (Wildman–Crippen LogP) is 1.04. The van der Waals surface area contributed by atoms with Crippen LogP contribution in [0.4, 0.5) is 10.5 Å². The minimum absolute atomic E-state index is 0. The van der Waals surface area contributed by atoms with Crippen molar-refractivity contribution in [3.8, 4) is 11.1 Å². The van der Waals surface area contributed by atoms with Gasteiger partial charge in [0.15, 0.2) is 0 Å². The van der Waals surface area contributed by atoms with Gasteiger partial charge in [-0.1, -0.05) is 35.9 Å². The number of carbonyl (C=O) groups excluding carboxylic acids is 2. The molecular weight excluding hydrogens is 547 g/mol. The Hall–Kier alpha value is -1.02. The fraction of sp³-hybridized carbons (Fsp3) is 0.440. The van der Waals surface area contributed by atoms with Gasteiger partial charge in [0, 0.05) is 17.3 Å². The van der Waals surface area contributed by atoms with E-state index in [2.05, 4.69) is 10.6 Å². The number of carbonyl (C=O) groups is 2. The molecule has 0 aliphatic heterocycles. The Labute approximate surface area is 265 Å². The van der Waals surface area contributed by atoms with E-state index in [0.717, 1.165) is 36.8 Å². The first-order valence-corrected chi connectivity index (χ1v) is 13.7. The van der Waals surface area contributed by atoms with Gasteiger partial charge in [0.25, 0.3) is 0 Å². The van der Waals surface area contributed by atoms with Crippen molar-refractivity contribution in [2.75, 3.05) is 37.4 Å². The Kier molecular flexibility index (Phi) is 14.1. The van der Waals surface area contributed by atoms with E-state index in [1.54, 1.807) is 0 Å². The van der Waals surface area contributed by atoms with Crippen LogP contribution in [0.5, 0.6) is 0 Å². The second-order valence-corrected chi connectivity index (χ2v) is 10.8. The van der Waals surface area contributed by atoms with Crippen LogP contribution in [0.2, 0.25) is 5.02 Å². The van der Waals surface area contributed by atoms with Gasteiger partial charge in [-0.15, -0.1) is 0 Å². The summed E-state index contributed by atoms with van der Waals surface area (Å²) in [6.07, 6.45) is 3.10. The molecule has 0 saturated heterocycles. The Morgan fingerprint density at radius 1 is 0.919 bits per heavy atom. The third-order valence-corrected chi connectivity index (χ3v) is 6.94. The Balaban J connectivity index is 0.00000481. The molecule has 0 unspecified atom stereocenters. The monoisotopic (exact) mass is 576 g/mol. The molecule has 2 N–H and O–H groups in total. The van der Waals surface area contributed by atoms with E-state index in [-0.39, 0.29) is 70.5 Å². The molecule has 0 heterocycles. The van der Waals surface area contributed by atoms with E-state index in [0.29, 0.717) is 29.8 Å². The first-order chi connectivity index (χ1) is 17.2. The van der Waals surface area contributed by atoms with Gasteiger partial charge in [0.1, 0.15) is 6.61 Å². The fourth-order valence-electron chi connectivity index (χ4n) is 3.99. The maximum Gasteiger partial charge on any atom is 1.00 e. The molecule has 1 aliphatic rings. The topological polar surface area (TPSA) is 134 Å². The SMILES string of the molecule is O=C(COCC1CCC(COC(=O)Nc2ccc(-c3ccc(Cl)cc3)cc2)CC1)NCCS(=O)(=O)[O-].[K+]. The number of nitrogens with one attached hydrogen (secondary N) is 2. The standard InChI is InChI=1S/C25H31ClN2O7S.K/c26-22-9-5-20(6-10-22)21-7-11-23(12-8-21)28-25(30)35-16-19-3-1-18(2-4-19)15-34-17-24(29)27-13-14-36(31,32)33;/h5-12,18-19H,1-4,13-17H2,(H,27,29)(H,28,30)(H,31,32,33);/q;+1/p-1. The van der Waals surface area contributed by atoms with Crippen LogP contribution in [0, 0.1) is 11.8 Å². The van der Waals surface area contributed by atoms with Gasteiger partial charge < -0.3 is 19.3 Å². The number of ether oxygens (including phenoxy) is 2. The molecule has 0 atom stereocenters. The van der Waals surface area contributed by atoms with Crippen LogP contribution in [0.15, 0.2) is 48.5 Å². The van der Waals surface area contributed by atoms with Crippen molar-refractivity contribution in [3.05, 3.63) is 53.6 Å². The second-order valence-electron chi connectivity index (χ2n) is 8.82. The Bertz CT molecular complexity index is 1110.